The predicted molar refractivity (Wildman–Crippen MR) is 248 cm³/mol. The molecule has 1 aromatic heterocycles. The molecule has 0 unspecified atom stereocenters. The maximum absolute atomic E-state index is 7.26. The highest BCUT2D eigenvalue weighted by molar-refractivity contribution is 6.11. The first-order valence-corrected chi connectivity index (χ1v) is 22.0. The summed E-state index contributed by atoms with van der Waals surface area (Å²) in [5, 5.41) is 2.38. The molecule has 1 spiro atoms. The maximum Gasteiger partial charge on any atom is 0.159 e. The Balaban J connectivity index is 1.09. The third-order valence-corrected chi connectivity index (χ3v) is 14.9. The number of rotatable bonds is 4. The average Bonchev–Trinajstić information content (AvgIpc) is 3.99. The van der Waals surface area contributed by atoms with E-state index >= 15 is 0 Å². The Labute approximate surface area is 351 Å². The molecule has 60 heavy (non-hydrogen) atoms. The normalized spacial score (nSPS) is 16.4. The molecule has 8 aromatic carbocycles. The minimum absolute atomic E-state index is 0.144. The first kappa shape index (κ1) is 34.2. The van der Waals surface area contributed by atoms with Crippen molar-refractivity contribution in [2.75, 3.05) is 4.90 Å². The lowest BCUT2D eigenvalue weighted by Crippen LogP contribution is -2.26. The molecule has 288 valence electrons. The van der Waals surface area contributed by atoms with E-state index in [1.165, 1.54) is 115 Å². The molecule has 0 bridgehead atoms. The van der Waals surface area contributed by atoms with Crippen LogP contribution in [0.1, 0.15) is 90.8 Å². The molecular weight excluding hydrogens is 727 g/mol. The van der Waals surface area contributed by atoms with Crippen molar-refractivity contribution in [1.29, 1.82) is 0 Å². The number of para-hydroxylation sites is 2. The highest BCUT2D eigenvalue weighted by Crippen LogP contribution is 2.63. The van der Waals surface area contributed by atoms with Gasteiger partial charge in [-0.1, -0.05) is 173 Å². The van der Waals surface area contributed by atoms with Crippen LogP contribution in [0.3, 0.4) is 0 Å². The average molecular weight is 772 g/mol. The largest absolute Gasteiger partial charge is 0.454 e. The summed E-state index contributed by atoms with van der Waals surface area (Å²) in [4.78, 5) is 2.49. The van der Waals surface area contributed by atoms with Gasteiger partial charge >= 0.3 is 0 Å². The van der Waals surface area contributed by atoms with Crippen molar-refractivity contribution in [2.24, 2.45) is 0 Å². The van der Waals surface area contributed by atoms with E-state index in [1.54, 1.807) is 0 Å². The number of hydrogen-bond donors (Lipinski definition) is 0. The lowest BCUT2D eigenvalue weighted by molar-refractivity contribution is 0.442. The molecule has 13 rings (SSSR count). The summed E-state index contributed by atoms with van der Waals surface area (Å²) in [7, 11) is 0. The van der Waals surface area contributed by atoms with Gasteiger partial charge in [-0.2, -0.15) is 0 Å². The molecule has 9 aromatic rings. The van der Waals surface area contributed by atoms with Crippen molar-refractivity contribution in [1.82, 2.24) is 0 Å². The number of furan rings is 1. The number of fused-ring (bicyclic) bond motifs is 16. The van der Waals surface area contributed by atoms with E-state index in [0.29, 0.717) is 5.92 Å². The predicted octanol–water partition coefficient (Wildman–Crippen LogP) is 15.8. The van der Waals surface area contributed by atoms with Gasteiger partial charge in [-0.05, 0) is 121 Å². The van der Waals surface area contributed by atoms with Crippen molar-refractivity contribution < 1.29 is 4.42 Å². The lowest BCUT2D eigenvalue weighted by Gasteiger charge is -2.32. The number of anilines is 3. The molecular formula is C58H45NO. The number of hydrogen-bond acceptors (Lipinski definition) is 2. The Kier molecular flexibility index (Phi) is 7.10. The Morgan fingerprint density at radius 3 is 1.53 bits per heavy atom. The second kappa shape index (κ2) is 12.4. The minimum Gasteiger partial charge on any atom is -0.454 e. The summed E-state index contributed by atoms with van der Waals surface area (Å²) in [5.74, 6) is 0.537. The van der Waals surface area contributed by atoms with Crippen LogP contribution in [0.15, 0.2) is 174 Å². The molecule has 0 radical (unpaired) electrons. The number of benzene rings is 8. The summed E-state index contributed by atoms with van der Waals surface area (Å²) < 4.78 is 7.26. The summed E-state index contributed by atoms with van der Waals surface area (Å²) in [5.41, 5.74) is 22.1. The standard InChI is InChI=1S/C58H45NO/c1-57(2)48-25-10-6-18-40(48)44-32-30-37(34-52(44)57)59(54-29-15-24-47-46-23-14-22-39(55(46)60-56(47)54)36-16-4-3-5-17-36)38-31-33-45-43-21-9-13-28-51(43)58(53(45)35-38)49-26-11-7-19-41(49)42-20-8-12-27-50(42)58/h6-15,18-36H,3-5,16-17H2,1-2H3. The van der Waals surface area contributed by atoms with Crippen LogP contribution >= 0.6 is 0 Å². The quantitative estimate of drug-likeness (QED) is 0.177. The smallest absolute Gasteiger partial charge is 0.159 e. The second-order valence-corrected chi connectivity index (χ2v) is 18.2. The molecule has 1 heterocycles. The van der Waals surface area contributed by atoms with E-state index in [0.717, 1.165) is 28.2 Å². The van der Waals surface area contributed by atoms with E-state index in [2.05, 4.69) is 189 Å². The van der Waals surface area contributed by atoms with Gasteiger partial charge in [0.2, 0.25) is 0 Å². The Morgan fingerprint density at radius 2 is 0.917 bits per heavy atom. The van der Waals surface area contributed by atoms with Gasteiger partial charge in [-0.25, -0.2) is 0 Å². The molecule has 1 fully saturated rings. The number of nitrogens with zero attached hydrogens (tertiary/aromatic N) is 1. The zero-order valence-corrected chi connectivity index (χ0v) is 34.1. The third-order valence-electron chi connectivity index (χ3n) is 14.9. The minimum atomic E-state index is -0.442. The molecule has 0 N–H and O–H groups in total. The molecule has 0 amide bonds. The van der Waals surface area contributed by atoms with Crippen molar-refractivity contribution in [3.63, 3.8) is 0 Å². The Morgan fingerprint density at radius 1 is 0.433 bits per heavy atom. The van der Waals surface area contributed by atoms with Crippen LogP contribution < -0.4 is 4.90 Å². The van der Waals surface area contributed by atoms with E-state index in [-0.39, 0.29) is 5.41 Å². The molecule has 4 aliphatic rings. The fraction of sp³-hybridized carbons (Fsp3) is 0.172. The highest BCUT2D eigenvalue weighted by atomic mass is 16.3. The van der Waals surface area contributed by atoms with Gasteiger partial charge in [0.1, 0.15) is 5.58 Å². The zero-order valence-electron chi connectivity index (χ0n) is 34.1. The van der Waals surface area contributed by atoms with Gasteiger partial charge < -0.3 is 9.32 Å². The van der Waals surface area contributed by atoms with Gasteiger partial charge in [-0.3, -0.25) is 0 Å². The molecule has 0 aliphatic heterocycles. The second-order valence-electron chi connectivity index (χ2n) is 18.2. The van der Waals surface area contributed by atoms with Crippen LogP contribution in [0.4, 0.5) is 17.1 Å². The molecule has 2 nitrogen and oxygen atoms in total. The molecule has 4 aliphatic carbocycles. The summed E-state index contributed by atoms with van der Waals surface area (Å²) in [6, 6.07) is 64.2. The van der Waals surface area contributed by atoms with Gasteiger partial charge in [-0.15, -0.1) is 0 Å². The van der Waals surface area contributed by atoms with Crippen LogP contribution in [-0.2, 0) is 10.8 Å². The Bertz CT molecular complexity index is 3180. The zero-order chi connectivity index (χ0) is 39.7. The topological polar surface area (TPSA) is 16.4 Å². The fourth-order valence-corrected chi connectivity index (χ4v) is 12.2. The van der Waals surface area contributed by atoms with Gasteiger partial charge in [0.15, 0.2) is 5.58 Å². The summed E-state index contributed by atoms with van der Waals surface area (Å²) in [6.45, 7) is 4.76. The molecule has 0 atom stereocenters. The summed E-state index contributed by atoms with van der Waals surface area (Å²) >= 11 is 0. The SMILES string of the molecule is CC1(C)c2ccccc2-c2ccc(N(c3ccc4c(c3)C3(c5ccccc5-c5ccccc53)c3ccccc3-4)c3cccc4c3oc3c(C5CCCCC5)cccc34)cc21. The first-order valence-electron chi connectivity index (χ1n) is 22.0. The van der Waals surface area contributed by atoms with Crippen molar-refractivity contribution >= 4 is 39.0 Å². The first-order chi connectivity index (χ1) is 29.5. The van der Waals surface area contributed by atoms with Crippen molar-refractivity contribution in [3.8, 4) is 33.4 Å². The van der Waals surface area contributed by atoms with Crippen LogP contribution in [0.5, 0.6) is 0 Å². The van der Waals surface area contributed by atoms with Crippen LogP contribution in [0.2, 0.25) is 0 Å². The highest BCUT2D eigenvalue weighted by Gasteiger charge is 2.51. The molecule has 0 saturated heterocycles. The summed E-state index contributed by atoms with van der Waals surface area (Å²) in [6.07, 6.45) is 6.37. The van der Waals surface area contributed by atoms with Gasteiger partial charge in [0.05, 0.1) is 11.1 Å². The van der Waals surface area contributed by atoms with Gasteiger partial charge in [0.25, 0.3) is 0 Å². The van der Waals surface area contributed by atoms with Crippen molar-refractivity contribution in [2.45, 2.75) is 62.7 Å². The van der Waals surface area contributed by atoms with E-state index in [1.807, 2.05) is 0 Å². The molecule has 1 saturated carbocycles. The van der Waals surface area contributed by atoms with Crippen LogP contribution in [0, 0.1) is 0 Å². The molecule has 2 heteroatoms. The lowest BCUT2D eigenvalue weighted by atomic mass is 9.70. The van der Waals surface area contributed by atoms with Gasteiger partial charge in [0, 0.05) is 27.6 Å². The van der Waals surface area contributed by atoms with E-state index in [4.69, 9.17) is 4.42 Å². The third kappa shape index (κ3) is 4.44. The van der Waals surface area contributed by atoms with Crippen LogP contribution in [0.25, 0.3) is 55.3 Å². The van der Waals surface area contributed by atoms with E-state index < -0.39 is 5.41 Å². The van der Waals surface area contributed by atoms with Crippen LogP contribution in [-0.4, -0.2) is 0 Å². The monoisotopic (exact) mass is 771 g/mol. The fourth-order valence-electron chi connectivity index (χ4n) is 12.2. The van der Waals surface area contributed by atoms with E-state index in [9.17, 15) is 0 Å². The van der Waals surface area contributed by atoms with Crippen molar-refractivity contribution in [3.05, 3.63) is 209 Å². The Hall–Kier alpha value is -6.64. The maximum atomic E-state index is 7.26.